The molecule has 0 radical (unpaired) electrons. The Balaban J connectivity index is 1.51. The third-order valence-electron chi connectivity index (χ3n) is 5.78. The van der Waals surface area contributed by atoms with Crippen LogP contribution in [0.5, 0.6) is 11.5 Å². The van der Waals surface area contributed by atoms with Gasteiger partial charge in [-0.1, -0.05) is 74.8 Å². The Morgan fingerprint density at radius 3 is 1.71 bits per heavy atom. The molecule has 3 rings (SSSR count). The van der Waals surface area contributed by atoms with Crippen molar-refractivity contribution < 1.29 is 33.3 Å². The Kier molecular flexibility index (Phi) is 11.4. The monoisotopic (exact) mass is 564 g/mol. The second-order valence-corrected chi connectivity index (χ2v) is 9.12. The van der Waals surface area contributed by atoms with Crippen LogP contribution in [0, 0.1) is 0 Å². The average molecular weight is 565 g/mol. The standard InChI is InChI=1S/C35H32O7/c1-6-39-33(36)8-7-23-40-31-19-15-29(16-20-31)27-11-13-28(14-12-27)30-17-21-32(22-18-30)42-35(38)25(4)9-10-26(5)41-34(37)24(2)3/h6,9-22H,1-2,4-5,7-8,23H2,3H3/b10-9-. The lowest BCUT2D eigenvalue weighted by Crippen LogP contribution is -2.09. The van der Waals surface area contributed by atoms with E-state index < -0.39 is 11.9 Å². The zero-order chi connectivity index (χ0) is 30.5. The summed E-state index contributed by atoms with van der Waals surface area (Å²) in [6.07, 6.45) is 4.66. The largest absolute Gasteiger partial charge is 0.494 e. The SMILES string of the molecule is C=COC(=O)CCCOc1ccc(-c2ccc(-c3ccc(OC(=O)C(=C)/C=C\C(=C)OC(=O)C(=C)C)cc3)cc2)cc1. The lowest BCUT2D eigenvalue weighted by Gasteiger charge is -2.09. The van der Waals surface area contributed by atoms with Crippen LogP contribution in [0.4, 0.5) is 0 Å². The van der Waals surface area contributed by atoms with E-state index >= 15 is 0 Å². The zero-order valence-corrected chi connectivity index (χ0v) is 23.5. The Morgan fingerprint density at radius 1 is 0.714 bits per heavy atom. The third kappa shape index (κ3) is 9.64. The maximum Gasteiger partial charge on any atom is 0.342 e. The van der Waals surface area contributed by atoms with E-state index in [-0.39, 0.29) is 29.3 Å². The van der Waals surface area contributed by atoms with Crippen molar-refractivity contribution in [3.8, 4) is 33.8 Å². The Bertz CT molecular complexity index is 1490. The molecule has 0 heterocycles. The molecule has 0 aliphatic carbocycles. The number of benzene rings is 3. The van der Waals surface area contributed by atoms with E-state index in [9.17, 15) is 14.4 Å². The first-order valence-electron chi connectivity index (χ1n) is 13.1. The van der Waals surface area contributed by atoms with Gasteiger partial charge in [0.2, 0.25) is 0 Å². The summed E-state index contributed by atoms with van der Waals surface area (Å²) in [6, 6.07) is 23.0. The molecule has 3 aromatic rings. The first-order valence-corrected chi connectivity index (χ1v) is 13.1. The predicted octanol–water partition coefficient (Wildman–Crippen LogP) is 7.52. The quantitative estimate of drug-likeness (QED) is 0.0500. The molecule has 0 aliphatic rings. The van der Waals surface area contributed by atoms with Crippen molar-refractivity contribution in [2.24, 2.45) is 0 Å². The molecule has 0 aromatic heterocycles. The summed E-state index contributed by atoms with van der Waals surface area (Å²) in [5, 5.41) is 0. The Hall–Kier alpha value is -5.43. The van der Waals surface area contributed by atoms with Gasteiger partial charge in [0.15, 0.2) is 0 Å². The van der Waals surface area contributed by atoms with E-state index in [0.29, 0.717) is 18.8 Å². The number of hydrogen-bond acceptors (Lipinski definition) is 7. The zero-order valence-electron chi connectivity index (χ0n) is 23.5. The van der Waals surface area contributed by atoms with E-state index in [0.717, 1.165) is 34.3 Å². The molecule has 7 nitrogen and oxygen atoms in total. The highest BCUT2D eigenvalue weighted by molar-refractivity contribution is 5.92. The maximum absolute atomic E-state index is 12.4. The Morgan fingerprint density at radius 2 is 1.21 bits per heavy atom. The van der Waals surface area contributed by atoms with E-state index in [2.05, 4.69) is 31.1 Å². The minimum Gasteiger partial charge on any atom is -0.494 e. The highest BCUT2D eigenvalue weighted by Crippen LogP contribution is 2.27. The summed E-state index contributed by atoms with van der Waals surface area (Å²) in [6.45, 7) is 16.1. The van der Waals surface area contributed by atoms with E-state index in [1.165, 1.54) is 19.1 Å². The topological polar surface area (TPSA) is 88.1 Å². The molecule has 0 atom stereocenters. The fraction of sp³-hybridized carbons (Fsp3) is 0.114. The van der Waals surface area contributed by atoms with Crippen molar-refractivity contribution in [1.82, 2.24) is 0 Å². The van der Waals surface area contributed by atoms with Gasteiger partial charge in [-0.25, -0.2) is 9.59 Å². The van der Waals surface area contributed by atoms with Gasteiger partial charge in [-0.2, -0.15) is 0 Å². The molecule has 0 aliphatic heterocycles. The number of rotatable bonds is 14. The molecule has 0 N–H and O–H groups in total. The van der Waals surface area contributed by atoms with Crippen molar-refractivity contribution in [3.05, 3.63) is 134 Å². The van der Waals surface area contributed by atoms with Crippen LogP contribution in [0.2, 0.25) is 0 Å². The van der Waals surface area contributed by atoms with Crippen LogP contribution in [-0.4, -0.2) is 24.5 Å². The molecule has 0 fully saturated rings. The van der Waals surface area contributed by atoms with Crippen LogP contribution in [0.15, 0.2) is 134 Å². The minimum atomic E-state index is -0.646. The normalized spacial score (nSPS) is 10.4. The second kappa shape index (κ2) is 15.4. The molecule has 0 bridgehead atoms. The molecule has 7 heteroatoms. The molecular formula is C35H32O7. The van der Waals surface area contributed by atoms with Gasteiger partial charge in [0.05, 0.1) is 18.4 Å². The first kappa shape index (κ1) is 31.1. The number of allylic oxidation sites excluding steroid dienone is 1. The molecule has 3 aromatic carbocycles. The molecular weight excluding hydrogens is 532 g/mol. The van der Waals surface area contributed by atoms with Gasteiger partial charge in [-0.05, 0) is 72.0 Å². The fourth-order valence-corrected chi connectivity index (χ4v) is 3.55. The van der Waals surface area contributed by atoms with Crippen molar-refractivity contribution in [3.63, 3.8) is 0 Å². The summed E-state index contributed by atoms with van der Waals surface area (Å²) in [4.78, 5) is 35.2. The van der Waals surface area contributed by atoms with Crippen molar-refractivity contribution >= 4 is 17.9 Å². The van der Waals surface area contributed by atoms with Gasteiger partial charge >= 0.3 is 17.9 Å². The van der Waals surface area contributed by atoms with Crippen molar-refractivity contribution in [2.75, 3.05) is 6.61 Å². The second-order valence-electron chi connectivity index (χ2n) is 9.12. The lowest BCUT2D eigenvalue weighted by molar-refractivity contribution is -0.138. The smallest absolute Gasteiger partial charge is 0.342 e. The van der Waals surface area contributed by atoms with Crippen molar-refractivity contribution in [2.45, 2.75) is 19.8 Å². The molecule has 42 heavy (non-hydrogen) atoms. The van der Waals surface area contributed by atoms with Gasteiger partial charge in [-0.15, -0.1) is 0 Å². The summed E-state index contributed by atoms with van der Waals surface area (Å²) < 4.78 is 20.7. The molecule has 0 saturated heterocycles. The van der Waals surface area contributed by atoms with Crippen LogP contribution in [0.25, 0.3) is 22.3 Å². The Labute approximate surface area is 245 Å². The molecule has 0 unspecified atom stereocenters. The summed E-state index contributed by atoms with van der Waals surface area (Å²) in [5.41, 5.74) is 4.34. The molecule has 214 valence electrons. The van der Waals surface area contributed by atoms with E-state index in [1.807, 2.05) is 60.7 Å². The van der Waals surface area contributed by atoms with Gasteiger partial charge in [-0.3, -0.25) is 4.79 Å². The van der Waals surface area contributed by atoms with E-state index in [4.69, 9.17) is 14.2 Å². The molecule has 0 amide bonds. The van der Waals surface area contributed by atoms with Crippen LogP contribution >= 0.6 is 0 Å². The van der Waals surface area contributed by atoms with Crippen molar-refractivity contribution in [1.29, 1.82) is 0 Å². The minimum absolute atomic E-state index is 0.0512. The summed E-state index contributed by atoms with van der Waals surface area (Å²) in [5.74, 6) is -0.440. The van der Waals surface area contributed by atoms with Crippen LogP contribution < -0.4 is 9.47 Å². The van der Waals surface area contributed by atoms with Gasteiger partial charge in [0.1, 0.15) is 17.3 Å². The predicted molar refractivity (Wildman–Crippen MR) is 162 cm³/mol. The summed E-state index contributed by atoms with van der Waals surface area (Å²) in [7, 11) is 0. The number of esters is 3. The van der Waals surface area contributed by atoms with Gasteiger partial charge in [0, 0.05) is 12.0 Å². The van der Waals surface area contributed by atoms with Gasteiger partial charge < -0.3 is 18.9 Å². The number of ether oxygens (including phenoxy) is 4. The number of carbonyl (C=O) groups excluding carboxylic acids is 3. The van der Waals surface area contributed by atoms with Crippen LogP contribution in [0.3, 0.4) is 0 Å². The molecule has 0 spiro atoms. The van der Waals surface area contributed by atoms with Gasteiger partial charge in [0.25, 0.3) is 0 Å². The highest BCUT2D eigenvalue weighted by Gasteiger charge is 2.10. The van der Waals surface area contributed by atoms with Crippen LogP contribution in [0.1, 0.15) is 19.8 Å². The maximum atomic E-state index is 12.4. The highest BCUT2D eigenvalue weighted by atomic mass is 16.5. The molecule has 0 saturated carbocycles. The number of hydrogen-bond donors (Lipinski definition) is 0. The van der Waals surface area contributed by atoms with E-state index in [1.54, 1.807) is 12.1 Å². The fourth-order valence-electron chi connectivity index (χ4n) is 3.55. The summed E-state index contributed by atoms with van der Waals surface area (Å²) >= 11 is 0. The number of carbonyl (C=O) groups is 3. The first-order chi connectivity index (χ1) is 20.2. The average Bonchev–Trinajstić information content (AvgIpc) is 2.99. The third-order valence-corrected chi connectivity index (χ3v) is 5.78. The van der Waals surface area contributed by atoms with Crippen LogP contribution in [-0.2, 0) is 23.9 Å². The lowest BCUT2D eigenvalue weighted by atomic mass is 10.0.